The highest BCUT2D eigenvalue weighted by Crippen LogP contribution is 2.51. The highest BCUT2D eigenvalue weighted by Gasteiger charge is 2.43. The van der Waals surface area contributed by atoms with Gasteiger partial charge in [-0.1, -0.05) is 97.8 Å². The van der Waals surface area contributed by atoms with Gasteiger partial charge in [0.05, 0.1) is 28.9 Å². The van der Waals surface area contributed by atoms with Gasteiger partial charge in [-0.15, -0.1) is 0 Å². The summed E-state index contributed by atoms with van der Waals surface area (Å²) in [6.07, 6.45) is 11.2. The first-order valence-electron chi connectivity index (χ1n) is 23.6. The van der Waals surface area contributed by atoms with Gasteiger partial charge in [0.25, 0.3) is 20.2 Å². The number of aryl methyl sites for hydroxylation is 3. The number of carbonyl (C=O) groups is 4. The molecule has 0 bridgehead atoms. The average molecular weight is 1000 g/mol. The number of primary amides is 1. The van der Waals surface area contributed by atoms with E-state index in [1.807, 2.05) is 80.6 Å². The minimum Gasteiger partial charge on any atom is -0.445 e. The number of ketones is 1. The maximum Gasteiger partial charge on any atom is 0.408 e. The number of aliphatic imine (C=N–C) groups is 1. The van der Waals surface area contributed by atoms with Gasteiger partial charge in [-0.25, -0.2) is 4.79 Å². The molecule has 378 valence electrons. The predicted molar refractivity (Wildman–Crippen MR) is 272 cm³/mol. The number of hydrogen-bond donors (Lipinski definition) is 5. The van der Waals surface area contributed by atoms with Crippen LogP contribution in [0.3, 0.4) is 0 Å². The van der Waals surface area contributed by atoms with Gasteiger partial charge in [-0.05, 0) is 106 Å². The van der Waals surface area contributed by atoms with E-state index in [1.54, 1.807) is 12.1 Å². The molecule has 5 rings (SSSR count). The maximum atomic E-state index is 13.2. The molecule has 2 heterocycles. The van der Waals surface area contributed by atoms with Crippen molar-refractivity contribution in [3.05, 3.63) is 130 Å². The molecule has 0 aliphatic carbocycles. The summed E-state index contributed by atoms with van der Waals surface area (Å²) in [6.45, 7) is 10.8. The van der Waals surface area contributed by atoms with Crippen molar-refractivity contribution in [2.45, 2.75) is 122 Å². The number of Topliss-reactive ketones (excluding diaryl/α,β-unsaturated/α-hetero) is 1. The van der Waals surface area contributed by atoms with Crippen molar-refractivity contribution in [3.63, 3.8) is 0 Å². The first-order chi connectivity index (χ1) is 33.0. The molecule has 2 aliphatic heterocycles. The van der Waals surface area contributed by atoms with Crippen LogP contribution in [0.5, 0.6) is 0 Å². The Bertz CT molecular complexity index is 2750. The summed E-state index contributed by atoms with van der Waals surface area (Å²) in [4.78, 5) is 57.5. The van der Waals surface area contributed by atoms with Crippen LogP contribution in [0, 0.1) is 13.8 Å². The summed E-state index contributed by atoms with van der Waals surface area (Å²) in [5.74, 6) is -1.88. The van der Waals surface area contributed by atoms with Gasteiger partial charge in [-0.3, -0.25) is 28.5 Å². The third-order valence-corrected chi connectivity index (χ3v) is 14.3. The molecule has 0 saturated carbocycles. The first kappa shape index (κ1) is 55.0. The number of alkyl carbamates (subject to hydrolysis) is 1. The summed E-state index contributed by atoms with van der Waals surface area (Å²) >= 11 is 0. The fraction of sp³-hybridized carbons (Fsp3) is 0.442. The van der Waals surface area contributed by atoms with Gasteiger partial charge < -0.3 is 26.0 Å². The van der Waals surface area contributed by atoms with Gasteiger partial charge in [-0.2, -0.15) is 16.8 Å². The lowest BCUT2D eigenvalue weighted by atomic mass is 9.76. The van der Waals surface area contributed by atoms with Crippen LogP contribution in [0.2, 0.25) is 0 Å². The van der Waals surface area contributed by atoms with Gasteiger partial charge in [0.15, 0.2) is 5.78 Å². The van der Waals surface area contributed by atoms with Gasteiger partial charge in [0.2, 0.25) is 11.8 Å². The zero-order chi connectivity index (χ0) is 51.3. The van der Waals surface area contributed by atoms with E-state index in [4.69, 9.17) is 15.5 Å². The Morgan fingerprint density at radius 3 is 2.23 bits per heavy atom. The van der Waals surface area contributed by atoms with Crippen LogP contribution >= 0.6 is 0 Å². The number of nitrogens with one attached hydrogen (secondary N) is 2. The Balaban J connectivity index is 1.25. The lowest BCUT2D eigenvalue weighted by molar-refractivity contribution is -0.123. The quantitative estimate of drug-likeness (QED) is 0.0294. The number of allylic oxidation sites excluding steroid dienone is 6. The molecule has 0 saturated heterocycles. The molecule has 0 aromatic heterocycles. The van der Waals surface area contributed by atoms with Crippen molar-refractivity contribution in [2.24, 2.45) is 10.7 Å². The second-order valence-corrected chi connectivity index (χ2v) is 22.0. The third kappa shape index (κ3) is 15.8. The van der Waals surface area contributed by atoms with E-state index in [2.05, 4.69) is 48.4 Å². The van der Waals surface area contributed by atoms with E-state index in [0.717, 1.165) is 56.2 Å². The fourth-order valence-electron chi connectivity index (χ4n) is 9.04. The smallest absolute Gasteiger partial charge is 0.408 e. The first-order valence-corrected chi connectivity index (χ1v) is 26.8. The van der Waals surface area contributed by atoms with E-state index in [9.17, 15) is 45.1 Å². The molecule has 1 unspecified atom stereocenters. The van der Waals surface area contributed by atoms with E-state index < -0.39 is 54.9 Å². The van der Waals surface area contributed by atoms with Gasteiger partial charge in [0, 0.05) is 54.6 Å². The summed E-state index contributed by atoms with van der Waals surface area (Å²) in [5, 5.41) is 5.45. The molecule has 0 fully saturated rings. The van der Waals surface area contributed by atoms with Crippen LogP contribution in [0.15, 0.2) is 102 Å². The molecule has 3 aromatic rings. The highest BCUT2D eigenvalue weighted by molar-refractivity contribution is 7.86. The zero-order valence-electron chi connectivity index (χ0n) is 40.7. The van der Waals surface area contributed by atoms with E-state index in [1.165, 1.54) is 0 Å². The summed E-state index contributed by atoms with van der Waals surface area (Å²) in [7, 11) is -8.29. The summed E-state index contributed by atoms with van der Waals surface area (Å²) in [6, 6.07) is 18.3. The predicted octanol–water partition coefficient (Wildman–Crippen LogP) is 7.74. The minimum absolute atomic E-state index is 0.00576. The highest BCUT2D eigenvalue weighted by atomic mass is 32.2. The van der Waals surface area contributed by atoms with E-state index in [-0.39, 0.29) is 69.1 Å². The molecule has 18 heteroatoms. The van der Waals surface area contributed by atoms with Crippen molar-refractivity contribution in [1.29, 1.82) is 0 Å². The Morgan fingerprint density at radius 1 is 0.829 bits per heavy atom. The molecule has 6 N–H and O–H groups in total. The number of benzene rings is 3. The topological polar surface area (TPSA) is 252 Å². The van der Waals surface area contributed by atoms with Crippen molar-refractivity contribution < 1.29 is 49.9 Å². The number of nitrogens with two attached hydrogens (primary N) is 1. The van der Waals surface area contributed by atoms with Crippen LogP contribution in [0.25, 0.3) is 0 Å². The number of rotatable bonds is 26. The van der Waals surface area contributed by atoms with Gasteiger partial charge in [0.1, 0.15) is 6.61 Å². The van der Waals surface area contributed by atoms with E-state index >= 15 is 0 Å². The molecular formula is C52H67N5O11S2. The fourth-order valence-corrected chi connectivity index (χ4v) is 10.0. The van der Waals surface area contributed by atoms with Crippen molar-refractivity contribution in [2.75, 3.05) is 29.5 Å². The average Bonchev–Trinajstić information content (AvgIpc) is 3.66. The number of fused-ring (bicyclic) bond motifs is 2. The second-order valence-electron chi connectivity index (χ2n) is 18.8. The molecule has 2 atom stereocenters. The summed E-state index contributed by atoms with van der Waals surface area (Å²) in [5.41, 5.74) is 13.5. The zero-order valence-corrected chi connectivity index (χ0v) is 42.3. The molecule has 16 nitrogen and oxygen atoms in total. The molecule has 70 heavy (non-hydrogen) atoms. The Labute approximate surface area is 412 Å². The number of ether oxygens (including phenoxy) is 1. The SMILES string of the molecule is Cc1cc(CCCS(=O)(=O)O)c2c(c1)C(C)(C)C(/C=C/C=C/C=C1\N(CCCS(=O)(=O)O)c3ccc(C)cc3C1(C)CCCC(=O)NCCCC(=O)[C@H](CCC(N)=O)NC(=O)OCc1ccccc1)=N2. The lowest BCUT2D eigenvalue weighted by Gasteiger charge is -2.30. The van der Waals surface area contributed by atoms with Crippen LogP contribution in [0.4, 0.5) is 16.2 Å². The molecule has 3 amide bonds. The van der Waals surface area contributed by atoms with Crippen molar-refractivity contribution in [1.82, 2.24) is 10.6 Å². The normalized spacial score (nSPS) is 17.4. The Kier molecular flexibility index (Phi) is 19.0. The van der Waals surface area contributed by atoms with Crippen molar-refractivity contribution in [3.8, 4) is 0 Å². The summed E-state index contributed by atoms with van der Waals surface area (Å²) < 4.78 is 70.5. The second kappa shape index (κ2) is 24.3. The lowest BCUT2D eigenvalue weighted by Crippen LogP contribution is -2.42. The van der Waals surface area contributed by atoms with Crippen LogP contribution < -0.4 is 21.3 Å². The van der Waals surface area contributed by atoms with Crippen molar-refractivity contribution >= 4 is 61.0 Å². The molecule has 3 aromatic carbocycles. The minimum atomic E-state index is -4.20. The van der Waals surface area contributed by atoms with Gasteiger partial charge >= 0.3 is 6.09 Å². The Hall–Kier alpha value is -5.95. The van der Waals surface area contributed by atoms with Crippen LogP contribution in [-0.2, 0) is 63.2 Å². The number of nitrogens with zero attached hydrogens (tertiary/aromatic N) is 2. The Morgan fingerprint density at radius 2 is 1.53 bits per heavy atom. The van der Waals surface area contributed by atoms with E-state index in [0.29, 0.717) is 32.2 Å². The number of hydrogen-bond acceptors (Lipinski definition) is 11. The standard InChI is InChI=1S/C52H67N5O11S2/c1-36-23-25-43-40(33-36)52(5,27-12-22-48(60)54-28-13-19-44(58)42(24-26-47(53)59)55-50(61)68-35-38-16-8-6-9-17-38)46(57(43)29-15-31-70(65,66)67)21-11-7-10-20-45-51(3,4)41-34-37(2)32-39(49(41)56-45)18-14-30-69(62,63)64/h6-11,16-17,20-21,23,25,32-34,42H,12-15,18-19,22,24,26-31,35H2,1-5H3,(H2,53,59)(H,54,60)(H,55,61)(H,62,63,64)(H,65,66,67)/b11-7+,20-10+,46-21-/t42-,52?/m0/s1. The molecule has 2 aliphatic rings. The molecule has 0 spiro atoms. The number of amides is 3. The maximum absolute atomic E-state index is 13.2. The monoisotopic (exact) mass is 1000 g/mol. The number of carbonyl (C=O) groups excluding carboxylic acids is 4. The largest absolute Gasteiger partial charge is 0.445 e. The number of anilines is 1. The van der Waals surface area contributed by atoms with Crippen LogP contribution in [0.1, 0.15) is 112 Å². The molecule has 0 radical (unpaired) electrons. The third-order valence-electron chi connectivity index (χ3n) is 12.7. The molecular weight excluding hydrogens is 935 g/mol. The van der Waals surface area contributed by atoms with Crippen LogP contribution in [-0.4, -0.2) is 86.0 Å².